The molecule has 1 aliphatic rings. The summed E-state index contributed by atoms with van der Waals surface area (Å²) in [5.74, 6) is 0.575. The van der Waals surface area contributed by atoms with Gasteiger partial charge in [-0.05, 0) is 41.6 Å². The zero-order valence-corrected chi connectivity index (χ0v) is 15.3. The maximum absolute atomic E-state index is 12.7. The number of alkyl halides is 3. The standard InChI is InChI=1S/C20H17F3N4O2/c21-20(22,23)16-8-6-15(7-9-16)18(28)26-10-12-27(13-11-26)19-24-17(29-25-19)14-4-2-1-3-5-14/h1-9H,10-13H2. The monoisotopic (exact) mass is 402 g/mol. The Kier molecular flexibility index (Phi) is 4.96. The second kappa shape index (κ2) is 7.57. The second-order valence-electron chi connectivity index (χ2n) is 6.62. The van der Waals surface area contributed by atoms with E-state index in [0.29, 0.717) is 38.0 Å². The van der Waals surface area contributed by atoms with Crippen LogP contribution < -0.4 is 4.90 Å². The molecule has 4 rings (SSSR count). The first-order valence-corrected chi connectivity index (χ1v) is 9.02. The zero-order valence-electron chi connectivity index (χ0n) is 15.3. The van der Waals surface area contributed by atoms with Crippen LogP contribution in [-0.4, -0.2) is 47.1 Å². The lowest BCUT2D eigenvalue weighted by molar-refractivity contribution is -0.137. The van der Waals surface area contributed by atoms with Gasteiger partial charge >= 0.3 is 6.18 Å². The number of benzene rings is 2. The Labute approximate surface area is 164 Å². The Bertz CT molecular complexity index is 979. The number of piperazine rings is 1. The first-order chi connectivity index (χ1) is 13.9. The molecule has 0 saturated carbocycles. The summed E-state index contributed by atoms with van der Waals surface area (Å²) in [5, 5.41) is 4.01. The van der Waals surface area contributed by atoms with Crippen LogP contribution in [0.15, 0.2) is 59.1 Å². The predicted octanol–water partition coefficient (Wildman–Crippen LogP) is 3.72. The number of rotatable bonds is 3. The Morgan fingerprint density at radius 1 is 0.931 bits per heavy atom. The van der Waals surface area contributed by atoms with Crippen molar-refractivity contribution in [1.82, 2.24) is 15.0 Å². The van der Waals surface area contributed by atoms with Gasteiger partial charge in [0.2, 0.25) is 0 Å². The van der Waals surface area contributed by atoms with Crippen LogP contribution >= 0.6 is 0 Å². The normalized spacial score (nSPS) is 14.9. The molecule has 0 spiro atoms. The molecule has 2 aromatic carbocycles. The minimum absolute atomic E-state index is 0.234. The highest BCUT2D eigenvalue weighted by molar-refractivity contribution is 5.94. The number of aromatic nitrogens is 2. The highest BCUT2D eigenvalue weighted by Gasteiger charge is 2.31. The topological polar surface area (TPSA) is 62.5 Å². The molecule has 0 bridgehead atoms. The van der Waals surface area contributed by atoms with Gasteiger partial charge < -0.3 is 14.3 Å². The van der Waals surface area contributed by atoms with E-state index >= 15 is 0 Å². The number of carbonyl (C=O) groups excluding carboxylic acids is 1. The molecule has 1 aromatic heterocycles. The molecule has 0 unspecified atom stereocenters. The lowest BCUT2D eigenvalue weighted by Crippen LogP contribution is -2.49. The Balaban J connectivity index is 1.38. The average molecular weight is 402 g/mol. The minimum atomic E-state index is -4.42. The Morgan fingerprint density at radius 3 is 2.21 bits per heavy atom. The number of hydrogen-bond donors (Lipinski definition) is 0. The molecular formula is C20H17F3N4O2. The summed E-state index contributed by atoms with van der Waals surface area (Å²) in [4.78, 5) is 20.5. The molecule has 1 saturated heterocycles. The first-order valence-electron chi connectivity index (χ1n) is 9.02. The van der Waals surface area contributed by atoms with E-state index in [4.69, 9.17) is 4.52 Å². The van der Waals surface area contributed by atoms with Gasteiger partial charge in [-0.3, -0.25) is 4.79 Å². The lowest BCUT2D eigenvalue weighted by atomic mass is 10.1. The third-order valence-corrected chi connectivity index (χ3v) is 4.74. The van der Waals surface area contributed by atoms with E-state index in [0.717, 1.165) is 17.7 Å². The van der Waals surface area contributed by atoms with Crippen molar-refractivity contribution in [3.8, 4) is 11.5 Å². The SMILES string of the molecule is O=C(c1ccc(C(F)(F)F)cc1)N1CCN(c2noc(-c3ccccc3)n2)CC1. The molecular weight excluding hydrogens is 385 g/mol. The Hall–Kier alpha value is -3.36. The van der Waals surface area contributed by atoms with Crippen molar-refractivity contribution >= 4 is 11.9 Å². The smallest absolute Gasteiger partial charge is 0.335 e. The Morgan fingerprint density at radius 2 is 1.59 bits per heavy atom. The van der Waals surface area contributed by atoms with Gasteiger partial charge in [0.25, 0.3) is 17.7 Å². The molecule has 2 heterocycles. The molecule has 9 heteroatoms. The molecule has 1 aliphatic heterocycles. The number of carbonyl (C=O) groups is 1. The van der Waals surface area contributed by atoms with Crippen molar-refractivity contribution in [2.45, 2.75) is 6.18 Å². The number of hydrogen-bond acceptors (Lipinski definition) is 5. The fourth-order valence-electron chi connectivity index (χ4n) is 3.14. The summed E-state index contributed by atoms with van der Waals surface area (Å²) in [6.45, 7) is 1.82. The summed E-state index contributed by atoms with van der Waals surface area (Å²) < 4.78 is 43.3. The van der Waals surface area contributed by atoms with Gasteiger partial charge in [-0.1, -0.05) is 18.2 Å². The largest absolute Gasteiger partial charge is 0.416 e. The number of anilines is 1. The third kappa shape index (κ3) is 4.08. The number of halogens is 3. The fraction of sp³-hybridized carbons (Fsp3) is 0.250. The van der Waals surface area contributed by atoms with Gasteiger partial charge in [-0.2, -0.15) is 18.2 Å². The van der Waals surface area contributed by atoms with Gasteiger partial charge in [-0.15, -0.1) is 0 Å². The summed E-state index contributed by atoms with van der Waals surface area (Å²) >= 11 is 0. The van der Waals surface area contributed by atoms with Crippen LogP contribution in [0.4, 0.5) is 19.1 Å². The van der Waals surface area contributed by atoms with Crippen LogP contribution in [0.2, 0.25) is 0 Å². The van der Waals surface area contributed by atoms with E-state index in [9.17, 15) is 18.0 Å². The van der Waals surface area contributed by atoms with Gasteiger partial charge in [0.05, 0.1) is 5.56 Å². The van der Waals surface area contributed by atoms with E-state index < -0.39 is 11.7 Å². The molecule has 3 aromatic rings. The zero-order chi connectivity index (χ0) is 20.4. The van der Waals surface area contributed by atoms with Crippen LogP contribution in [-0.2, 0) is 6.18 Å². The lowest BCUT2D eigenvalue weighted by Gasteiger charge is -2.33. The van der Waals surface area contributed by atoms with Gasteiger partial charge in [0.1, 0.15) is 0 Å². The van der Waals surface area contributed by atoms with E-state index in [1.807, 2.05) is 35.2 Å². The van der Waals surface area contributed by atoms with Gasteiger partial charge in [-0.25, -0.2) is 0 Å². The minimum Gasteiger partial charge on any atom is -0.335 e. The van der Waals surface area contributed by atoms with Crippen molar-refractivity contribution in [3.05, 3.63) is 65.7 Å². The summed E-state index contributed by atoms with van der Waals surface area (Å²) in [6.07, 6.45) is -4.42. The molecule has 0 N–H and O–H groups in total. The maximum atomic E-state index is 12.7. The molecule has 6 nitrogen and oxygen atoms in total. The second-order valence-corrected chi connectivity index (χ2v) is 6.62. The van der Waals surface area contributed by atoms with Crippen molar-refractivity contribution in [2.24, 2.45) is 0 Å². The van der Waals surface area contributed by atoms with E-state index in [1.165, 1.54) is 12.1 Å². The maximum Gasteiger partial charge on any atom is 0.416 e. The van der Waals surface area contributed by atoms with E-state index in [-0.39, 0.29) is 11.5 Å². The summed E-state index contributed by atoms with van der Waals surface area (Å²) in [6, 6.07) is 13.7. The van der Waals surface area contributed by atoms with Gasteiger partial charge in [0, 0.05) is 37.3 Å². The van der Waals surface area contributed by atoms with Gasteiger partial charge in [0.15, 0.2) is 0 Å². The van der Waals surface area contributed by atoms with Crippen molar-refractivity contribution in [1.29, 1.82) is 0 Å². The van der Waals surface area contributed by atoms with E-state index in [1.54, 1.807) is 4.90 Å². The van der Waals surface area contributed by atoms with Crippen molar-refractivity contribution < 1.29 is 22.5 Å². The number of amides is 1. The molecule has 29 heavy (non-hydrogen) atoms. The quantitative estimate of drug-likeness (QED) is 0.668. The van der Waals surface area contributed by atoms with Crippen LogP contribution in [0.25, 0.3) is 11.5 Å². The third-order valence-electron chi connectivity index (χ3n) is 4.74. The summed E-state index contributed by atoms with van der Waals surface area (Å²) in [7, 11) is 0. The molecule has 0 atom stereocenters. The van der Waals surface area contributed by atoms with E-state index in [2.05, 4.69) is 10.1 Å². The fourth-order valence-corrected chi connectivity index (χ4v) is 3.14. The van der Waals surface area contributed by atoms with Crippen LogP contribution in [0, 0.1) is 0 Å². The molecule has 1 amide bonds. The van der Waals surface area contributed by atoms with Crippen molar-refractivity contribution in [3.63, 3.8) is 0 Å². The van der Waals surface area contributed by atoms with Crippen LogP contribution in [0.1, 0.15) is 15.9 Å². The first kappa shape index (κ1) is 19.0. The van der Waals surface area contributed by atoms with Crippen LogP contribution in [0.3, 0.4) is 0 Å². The molecule has 1 fully saturated rings. The van der Waals surface area contributed by atoms with Crippen molar-refractivity contribution in [2.75, 3.05) is 31.1 Å². The predicted molar refractivity (Wildman–Crippen MR) is 99.3 cm³/mol. The highest BCUT2D eigenvalue weighted by Crippen LogP contribution is 2.29. The van der Waals surface area contributed by atoms with Crippen LogP contribution in [0.5, 0.6) is 0 Å². The molecule has 0 radical (unpaired) electrons. The average Bonchev–Trinajstić information content (AvgIpc) is 3.24. The highest BCUT2D eigenvalue weighted by atomic mass is 19.4. The summed E-state index contributed by atoms with van der Waals surface area (Å²) in [5.41, 5.74) is 0.282. The number of nitrogens with zero attached hydrogens (tertiary/aromatic N) is 4. The molecule has 150 valence electrons. The molecule has 0 aliphatic carbocycles.